The molecule has 0 aliphatic carbocycles. The molecule has 0 spiro atoms. The molecule has 3 heterocycles. The molecule has 2 aliphatic heterocycles. The second kappa shape index (κ2) is 5.40. The van der Waals surface area contributed by atoms with Crippen LogP contribution in [0.4, 0.5) is 0 Å². The molecule has 1 N–H and O–H groups in total. The molecule has 0 radical (unpaired) electrons. The van der Waals surface area contributed by atoms with Crippen LogP contribution in [0.2, 0.25) is 0 Å². The van der Waals surface area contributed by atoms with Gasteiger partial charge in [0.05, 0.1) is 0 Å². The minimum atomic E-state index is 0.497. The average Bonchev–Trinajstić information content (AvgIpc) is 2.90. The number of nitrogens with zero attached hydrogens (tertiary/aromatic N) is 2. The van der Waals surface area contributed by atoms with Crippen LogP contribution in [0.3, 0.4) is 0 Å². The van der Waals surface area contributed by atoms with Gasteiger partial charge in [0.15, 0.2) is 5.82 Å². The Hall–Kier alpha value is -0.550. The van der Waals surface area contributed by atoms with Crippen molar-refractivity contribution in [3.05, 3.63) is 11.7 Å². The number of nitrogens with one attached hydrogen (secondary N) is 1. The Morgan fingerprint density at radius 3 is 2.82 bits per heavy atom. The Morgan fingerprint density at radius 2 is 2.06 bits per heavy atom. The van der Waals surface area contributed by atoms with Crippen molar-refractivity contribution in [1.82, 2.24) is 15.5 Å². The van der Waals surface area contributed by atoms with Gasteiger partial charge in [-0.1, -0.05) is 5.16 Å². The summed E-state index contributed by atoms with van der Waals surface area (Å²) < 4.78 is 5.46. The molecule has 4 nitrogen and oxygen atoms in total. The number of aromatic nitrogens is 2. The van der Waals surface area contributed by atoms with E-state index in [9.17, 15) is 0 Å². The molecular weight excluding hydrogens is 234 g/mol. The molecule has 3 rings (SSSR count). The molecular formula is C12H19N3OS. The third-order valence-electron chi connectivity index (χ3n) is 3.67. The number of rotatable bonds is 2. The number of piperidine rings is 1. The summed E-state index contributed by atoms with van der Waals surface area (Å²) in [4.78, 5) is 4.64. The van der Waals surface area contributed by atoms with Crippen molar-refractivity contribution in [2.45, 2.75) is 37.5 Å². The summed E-state index contributed by atoms with van der Waals surface area (Å²) in [5.41, 5.74) is 0. The lowest BCUT2D eigenvalue weighted by Gasteiger charge is -2.19. The number of hydrogen-bond donors (Lipinski definition) is 1. The zero-order valence-corrected chi connectivity index (χ0v) is 10.8. The van der Waals surface area contributed by atoms with Crippen LogP contribution in [0, 0.1) is 0 Å². The van der Waals surface area contributed by atoms with Crippen LogP contribution in [0.5, 0.6) is 0 Å². The predicted octanol–water partition coefficient (Wildman–Crippen LogP) is 2.15. The maximum absolute atomic E-state index is 5.46. The summed E-state index contributed by atoms with van der Waals surface area (Å²) in [5.74, 6) is 5.25. The van der Waals surface area contributed by atoms with Crippen molar-refractivity contribution < 1.29 is 4.52 Å². The fraction of sp³-hybridized carbons (Fsp3) is 0.833. The quantitative estimate of drug-likeness (QED) is 0.875. The minimum absolute atomic E-state index is 0.497. The summed E-state index contributed by atoms with van der Waals surface area (Å²) in [6.45, 7) is 2.15. The topological polar surface area (TPSA) is 51.0 Å². The fourth-order valence-electron chi connectivity index (χ4n) is 2.59. The fourth-order valence-corrected chi connectivity index (χ4v) is 3.73. The molecule has 1 aromatic heterocycles. The monoisotopic (exact) mass is 253 g/mol. The lowest BCUT2D eigenvalue weighted by molar-refractivity contribution is 0.342. The highest BCUT2D eigenvalue weighted by molar-refractivity contribution is 7.99. The first-order valence-electron chi connectivity index (χ1n) is 6.55. The summed E-state index contributed by atoms with van der Waals surface area (Å²) in [7, 11) is 0. The molecule has 1 aromatic rings. The van der Waals surface area contributed by atoms with Crippen LogP contribution in [0.25, 0.3) is 0 Å². The normalized spacial score (nSPS) is 27.2. The molecule has 1 atom stereocenters. The van der Waals surface area contributed by atoms with E-state index in [0.29, 0.717) is 11.8 Å². The van der Waals surface area contributed by atoms with E-state index in [1.165, 1.54) is 18.6 Å². The van der Waals surface area contributed by atoms with Crippen molar-refractivity contribution in [2.75, 3.05) is 24.6 Å². The van der Waals surface area contributed by atoms with Crippen LogP contribution in [0.15, 0.2) is 4.52 Å². The van der Waals surface area contributed by atoms with Gasteiger partial charge >= 0.3 is 0 Å². The first-order chi connectivity index (χ1) is 8.43. The van der Waals surface area contributed by atoms with Gasteiger partial charge in [0.2, 0.25) is 5.89 Å². The zero-order chi connectivity index (χ0) is 11.5. The smallest absolute Gasteiger partial charge is 0.230 e. The lowest BCUT2D eigenvalue weighted by atomic mass is 9.97. The van der Waals surface area contributed by atoms with Gasteiger partial charge in [0.1, 0.15) is 0 Å². The Labute approximate surface area is 106 Å². The summed E-state index contributed by atoms with van der Waals surface area (Å²) in [6.07, 6.45) is 4.76. The first-order valence-corrected chi connectivity index (χ1v) is 7.71. The molecule has 94 valence electrons. The Kier molecular flexibility index (Phi) is 3.66. The van der Waals surface area contributed by atoms with Crippen molar-refractivity contribution in [2.24, 2.45) is 0 Å². The molecule has 0 amide bonds. The van der Waals surface area contributed by atoms with E-state index in [0.717, 1.165) is 43.4 Å². The minimum Gasteiger partial charge on any atom is -0.339 e. The van der Waals surface area contributed by atoms with E-state index in [2.05, 4.69) is 15.5 Å². The standard InChI is InChI=1S/C12H19N3OS/c1-2-10(8-17-7-1)12-14-11(15-16-12)9-3-5-13-6-4-9/h9-10,13H,1-8H2. The molecule has 0 saturated carbocycles. The highest BCUT2D eigenvalue weighted by atomic mass is 32.2. The molecule has 17 heavy (non-hydrogen) atoms. The second-order valence-corrected chi connectivity index (χ2v) is 6.08. The highest BCUT2D eigenvalue weighted by Crippen LogP contribution is 2.31. The average molecular weight is 253 g/mol. The predicted molar refractivity (Wildman–Crippen MR) is 68.4 cm³/mol. The van der Waals surface area contributed by atoms with Crippen LogP contribution < -0.4 is 5.32 Å². The number of hydrogen-bond acceptors (Lipinski definition) is 5. The van der Waals surface area contributed by atoms with Crippen molar-refractivity contribution in [1.29, 1.82) is 0 Å². The Bertz CT molecular complexity index is 324. The van der Waals surface area contributed by atoms with Gasteiger partial charge in [0, 0.05) is 17.6 Å². The molecule has 2 saturated heterocycles. The maximum atomic E-state index is 5.46. The molecule has 0 bridgehead atoms. The summed E-state index contributed by atoms with van der Waals surface area (Å²) >= 11 is 2.00. The van der Waals surface area contributed by atoms with Gasteiger partial charge in [0.25, 0.3) is 0 Å². The van der Waals surface area contributed by atoms with Crippen LogP contribution >= 0.6 is 11.8 Å². The van der Waals surface area contributed by atoms with Crippen LogP contribution in [-0.4, -0.2) is 34.7 Å². The third-order valence-corrected chi connectivity index (χ3v) is 4.89. The van der Waals surface area contributed by atoms with Gasteiger partial charge in [-0.05, 0) is 44.5 Å². The third kappa shape index (κ3) is 2.65. The molecule has 2 aliphatic rings. The van der Waals surface area contributed by atoms with Crippen molar-refractivity contribution in [3.8, 4) is 0 Å². The van der Waals surface area contributed by atoms with E-state index < -0.39 is 0 Å². The maximum Gasteiger partial charge on any atom is 0.230 e. The largest absolute Gasteiger partial charge is 0.339 e. The zero-order valence-electron chi connectivity index (χ0n) is 10.0. The highest BCUT2D eigenvalue weighted by Gasteiger charge is 2.25. The lowest BCUT2D eigenvalue weighted by Crippen LogP contribution is -2.27. The van der Waals surface area contributed by atoms with Gasteiger partial charge < -0.3 is 9.84 Å². The van der Waals surface area contributed by atoms with E-state index in [-0.39, 0.29) is 0 Å². The van der Waals surface area contributed by atoms with Crippen LogP contribution in [0.1, 0.15) is 49.2 Å². The first kappa shape index (κ1) is 11.5. The Balaban J connectivity index is 1.68. The van der Waals surface area contributed by atoms with Gasteiger partial charge in [-0.25, -0.2) is 0 Å². The van der Waals surface area contributed by atoms with E-state index in [1.807, 2.05) is 11.8 Å². The van der Waals surface area contributed by atoms with Crippen molar-refractivity contribution in [3.63, 3.8) is 0 Å². The second-order valence-electron chi connectivity index (χ2n) is 4.93. The molecule has 0 aromatic carbocycles. The van der Waals surface area contributed by atoms with Gasteiger partial charge in [-0.15, -0.1) is 0 Å². The van der Waals surface area contributed by atoms with Crippen LogP contribution in [-0.2, 0) is 0 Å². The van der Waals surface area contributed by atoms with Gasteiger partial charge in [-0.2, -0.15) is 16.7 Å². The summed E-state index contributed by atoms with van der Waals surface area (Å²) in [6, 6.07) is 0. The SMILES string of the molecule is C1CSCC(c2nc(C3CCNCC3)no2)C1. The number of thioether (sulfide) groups is 1. The Morgan fingerprint density at radius 1 is 1.18 bits per heavy atom. The molecule has 5 heteroatoms. The summed E-state index contributed by atoms with van der Waals surface area (Å²) in [5, 5.41) is 7.56. The van der Waals surface area contributed by atoms with E-state index in [4.69, 9.17) is 4.52 Å². The van der Waals surface area contributed by atoms with E-state index in [1.54, 1.807) is 0 Å². The van der Waals surface area contributed by atoms with Crippen molar-refractivity contribution >= 4 is 11.8 Å². The molecule has 1 unspecified atom stereocenters. The van der Waals surface area contributed by atoms with Gasteiger partial charge in [-0.3, -0.25) is 0 Å². The van der Waals surface area contributed by atoms with E-state index >= 15 is 0 Å². The molecule has 2 fully saturated rings.